The number of rotatable bonds is 10. The number of sulfonamides is 1. The van der Waals surface area contributed by atoms with Gasteiger partial charge in [0.1, 0.15) is 18.3 Å². The Labute approximate surface area is 225 Å². The summed E-state index contributed by atoms with van der Waals surface area (Å²) in [5, 5.41) is 2.58. The molecule has 1 unspecified atom stereocenters. The van der Waals surface area contributed by atoms with Gasteiger partial charge in [-0.3, -0.25) is 13.9 Å². The molecule has 1 atom stereocenters. The maximum absolute atomic E-state index is 13.9. The van der Waals surface area contributed by atoms with Crippen molar-refractivity contribution in [1.82, 2.24) is 10.2 Å². The van der Waals surface area contributed by atoms with Crippen LogP contribution in [0.4, 0.5) is 5.69 Å². The van der Waals surface area contributed by atoms with Gasteiger partial charge in [-0.1, -0.05) is 35.9 Å². The number of ether oxygens (including phenoxy) is 1. The van der Waals surface area contributed by atoms with Gasteiger partial charge in [0.05, 0.1) is 17.7 Å². The summed E-state index contributed by atoms with van der Waals surface area (Å²) in [6, 6.07) is 18.1. The number of carbonyl (C=O) groups excluding carboxylic acids is 2. The number of nitrogens with one attached hydrogen (secondary N) is 1. The van der Waals surface area contributed by atoms with Crippen molar-refractivity contribution in [2.24, 2.45) is 0 Å². The molecule has 1 N–H and O–H groups in total. The molecule has 0 aliphatic rings. The lowest BCUT2D eigenvalue weighted by Gasteiger charge is -2.32. The van der Waals surface area contributed by atoms with Crippen molar-refractivity contribution < 1.29 is 22.7 Å². The van der Waals surface area contributed by atoms with Gasteiger partial charge in [-0.25, -0.2) is 8.42 Å². The van der Waals surface area contributed by atoms with Crippen molar-refractivity contribution >= 4 is 27.5 Å². The van der Waals surface area contributed by atoms with E-state index in [-0.39, 0.29) is 17.3 Å². The first-order valence-corrected chi connectivity index (χ1v) is 13.7. The summed E-state index contributed by atoms with van der Waals surface area (Å²) in [6.07, 6.45) is 0. The second-order valence-corrected chi connectivity index (χ2v) is 11.1. The van der Waals surface area contributed by atoms with Crippen LogP contribution in [0.1, 0.15) is 29.2 Å². The average Bonchev–Trinajstić information content (AvgIpc) is 2.91. The monoisotopic (exact) mass is 537 g/mol. The molecule has 0 aliphatic heterocycles. The largest absolute Gasteiger partial charge is 0.497 e. The van der Waals surface area contributed by atoms with E-state index < -0.39 is 28.5 Å². The topological polar surface area (TPSA) is 96.0 Å². The number of carbonyl (C=O) groups is 2. The Balaban J connectivity index is 2.06. The van der Waals surface area contributed by atoms with Crippen molar-refractivity contribution in [3.05, 3.63) is 89.0 Å². The Hall–Kier alpha value is -3.85. The lowest BCUT2D eigenvalue weighted by Crippen LogP contribution is -2.50. The Morgan fingerprint density at radius 1 is 0.947 bits per heavy atom. The first kappa shape index (κ1) is 28.7. The molecule has 0 aliphatic carbocycles. The highest BCUT2D eigenvalue weighted by atomic mass is 32.2. The summed E-state index contributed by atoms with van der Waals surface area (Å²) < 4.78 is 34.1. The molecule has 38 heavy (non-hydrogen) atoms. The van der Waals surface area contributed by atoms with Crippen LogP contribution in [0.2, 0.25) is 0 Å². The van der Waals surface area contributed by atoms with Gasteiger partial charge in [0, 0.05) is 13.6 Å². The maximum atomic E-state index is 13.9. The molecule has 0 spiro atoms. The highest BCUT2D eigenvalue weighted by Gasteiger charge is 2.32. The van der Waals surface area contributed by atoms with E-state index in [1.807, 2.05) is 32.9 Å². The van der Waals surface area contributed by atoms with Crippen LogP contribution >= 0.6 is 0 Å². The normalized spacial score (nSPS) is 11.9. The van der Waals surface area contributed by atoms with Gasteiger partial charge in [0.25, 0.3) is 10.0 Å². The van der Waals surface area contributed by atoms with Gasteiger partial charge in [-0.15, -0.1) is 0 Å². The molecule has 0 saturated carbocycles. The summed E-state index contributed by atoms with van der Waals surface area (Å²) in [7, 11) is -1.05. The fraction of sp³-hybridized carbons (Fsp3) is 0.310. The molecule has 0 aromatic heterocycles. The molecule has 0 saturated heterocycles. The fourth-order valence-electron chi connectivity index (χ4n) is 4.01. The van der Waals surface area contributed by atoms with Crippen LogP contribution in [0.5, 0.6) is 5.75 Å². The zero-order valence-corrected chi connectivity index (χ0v) is 23.5. The van der Waals surface area contributed by atoms with E-state index in [4.69, 9.17) is 4.74 Å². The second kappa shape index (κ2) is 12.1. The predicted octanol–water partition coefficient (Wildman–Crippen LogP) is 3.98. The maximum Gasteiger partial charge on any atom is 0.264 e. The third-order valence-electron chi connectivity index (χ3n) is 6.57. The van der Waals surface area contributed by atoms with Crippen LogP contribution in [0, 0.1) is 20.8 Å². The molecular weight excluding hydrogens is 502 g/mol. The molecule has 3 aromatic carbocycles. The van der Waals surface area contributed by atoms with Gasteiger partial charge in [0.15, 0.2) is 0 Å². The first-order chi connectivity index (χ1) is 18.0. The smallest absolute Gasteiger partial charge is 0.264 e. The number of hydrogen-bond donors (Lipinski definition) is 1. The number of nitrogens with zero attached hydrogens (tertiary/aromatic N) is 2. The lowest BCUT2D eigenvalue weighted by atomic mass is 10.1. The van der Waals surface area contributed by atoms with Crippen molar-refractivity contribution in [2.75, 3.05) is 25.0 Å². The van der Waals surface area contributed by atoms with E-state index in [1.165, 1.54) is 24.1 Å². The molecule has 0 bridgehead atoms. The van der Waals surface area contributed by atoms with Crippen molar-refractivity contribution in [3.8, 4) is 5.75 Å². The van der Waals surface area contributed by atoms with E-state index in [0.29, 0.717) is 11.4 Å². The lowest BCUT2D eigenvalue weighted by molar-refractivity contribution is -0.139. The van der Waals surface area contributed by atoms with E-state index in [1.54, 1.807) is 56.5 Å². The Bertz CT molecular complexity index is 1400. The highest BCUT2D eigenvalue weighted by molar-refractivity contribution is 7.92. The number of aryl methyl sites for hydroxylation is 3. The van der Waals surface area contributed by atoms with Crippen LogP contribution in [0.3, 0.4) is 0 Å². The molecular formula is C29H35N3O5S. The molecule has 3 aromatic rings. The molecule has 0 heterocycles. The molecule has 202 valence electrons. The molecule has 3 rings (SSSR count). The number of anilines is 1. The third-order valence-corrected chi connectivity index (χ3v) is 8.36. The van der Waals surface area contributed by atoms with E-state index >= 15 is 0 Å². The number of amides is 2. The Morgan fingerprint density at radius 3 is 2.24 bits per heavy atom. The van der Waals surface area contributed by atoms with E-state index in [0.717, 1.165) is 26.6 Å². The highest BCUT2D eigenvalue weighted by Crippen LogP contribution is 2.27. The standard InChI is InChI=1S/C29H35N3O5S/c1-20-10-14-27(15-11-20)38(35,36)32(25-13-12-21(2)22(3)16-25)19-28(33)31(23(4)29(34)30-5)18-24-8-7-9-26(17-24)37-6/h7-17,23H,18-19H2,1-6H3,(H,30,34). The summed E-state index contributed by atoms with van der Waals surface area (Å²) >= 11 is 0. The first-order valence-electron chi connectivity index (χ1n) is 12.3. The van der Waals surface area contributed by atoms with E-state index in [9.17, 15) is 18.0 Å². The summed E-state index contributed by atoms with van der Waals surface area (Å²) in [5.74, 6) is -0.264. The zero-order chi connectivity index (χ0) is 28.0. The summed E-state index contributed by atoms with van der Waals surface area (Å²) in [5.41, 5.74) is 3.93. The van der Waals surface area contributed by atoms with E-state index in [2.05, 4.69) is 5.32 Å². The quantitative estimate of drug-likeness (QED) is 0.422. The summed E-state index contributed by atoms with van der Waals surface area (Å²) in [6.45, 7) is 6.92. The van der Waals surface area contributed by atoms with Gasteiger partial charge >= 0.3 is 0 Å². The minimum atomic E-state index is -4.10. The third kappa shape index (κ3) is 6.52. The number of hydrogen-bond acceptors (Lipinski definition) is 5. The zero-order valence-electron chi connectivity index (χ0n) is 22.7. The number of likely N-dealkylation sites (N-methyl/N-ethyl adjacent to an activating group) is 1. The molecule has 8 nitrogen and oxygen atoms in total. The van der Waals surface area contributed by atoms with Crippen LogP contribution in [0.15, 0.2) is 71.6 Å². The molecule has 0 fully saturated rings. The molecule has 0 radical (unpaired) electrons. The minimum absolute atomic E-state index is 0.0767. The number of methoxy groups -OCH3 is 1. The minimum Gasteiger partial charge on any atom is -0.497 e. The van der Waals surface area contributed by atoms with Crippen molar-refractivity contribution in [2.45, 2.75) is 45.2 Å². The van der Waals surface area contributed by atoms with Gasteiger partial charge in [-0.2, -0.15) is 0 Å². The second-order valence-electron chi connectivity index (χ2n) is 9.26. The SMILES string of the molecule is CNC(=O)C(C)N(Cc1cccc(OC)c1)C(=O)CN(c1ccc(C)c(C)c1)S(=O)(=O)c1ccc(C)cc1. The van der Waals surface area contributed by atoms with Crippen molar-refractivity contribution in [1.29, 1.82) is 0 Å². The fourth-order valence-corrected chi connectivity index (χ4v) is 5.41. The van der Waals surface area contributed by atoms with Crippen LogP contribution in [-0.2, 0) is 26.2 Å². The van der Waals surface area contributed by atoms with Crippen LogP contribution < -0.4 is 14.4 Å². The van der Waals surface area contributed by atoms with Crippen LogP contribution in [0.25, 0.3) is 0 Å². The Kier molecular flexibility index (Phi) is 9.17. The van der Waals surface area contributed by atoms with Crippen LogP contribution in [-0.4, -0.2) is 51.9 Å². The molecule has 2 amide bonds. The van der Waals surface area contributed by atoms with Gasteiger partial charge in [-0.05, 0) is 80.8 Å². The number of benzene rings is 3. The molecule has 9 heteroatoms. The predicted molar refractivity (Wildman–Crippen MR) is 149 cm³/mol. The van der Waals surface area contributed by atoms with Crippen molar-refractivity contribution in [3.63, 3.8) is 0 Å². The van der Waals surface area contributed by atoms with Gasteiger partial charge in [0.2, 0.25) is 11.8 Å². The Morgan fingerprint density at radius 2 is 1.63 bits per heavy atom. The van der Waals surface area contributed by atoms with Gasteiger partial charge < -0.3 is 15.0 Å². The summed E-state index contributed by atoms with van der Waals surface area (Å²) in [4.78, 5) is 27.9. The average molecular weight is 538 g/mol.